The second-order valence-electron chi connectivity index (χ2n) is 7.10. The molecule has 0 fully saturated rings. The molecule has 1 aromatic heterocycles. The van der Waals surface area contributed by atoms with Crippen LogP contribution in [-0.2, 0) is 0 Å². The van der Waals surface area contributed by atoms with E-state index >= 15 is 0 Å². The minimum absolute atomic E-state index is 1.16. The summed E-state index contributed by atoms with van der Waals surface area (Å²) < 4.78 is 0. The SMILES string of the molecule is c1c[nH]c(-c2cccc3ccc4c5ccc6ccccc6c5ccc4c23)c1. The molecule has 1 heteroatoms. The van der Waals surface area contributed by atoms with Crippen molar-refractivity contribution in [1.29, 1.82) is 0 Å². The molecule has 126 valence electrons. The Bertz CT molecular complexity index is 1460. The van der Waals surface area contributed by atoms with E-state index in [2.05, 4.69) is 96.0 Å². The number of nitrogens with one attached hydrogen (secondary N) is 1. The van der Waals surface area contributed by atoms with E-state index in [-0.39, 0.29) is 0 Å². The Morgan fingerprint density at radius 1 is 0.444 bits per heavy atom. The maximum Gasteiger partial charge on any atom is 0.0460 e. The van der Waals surface area contributed by atoms with Crippen molar-refractivity contribution in [2.75, 3.05) is 0 Å². The number of benzene rings is 5. The van der Waals surface area contributed by atoms with Crippen LogP contribution in [0.1, 0.15) is 0 Å². The van der Waals surface area contributed by atoms with E-state index in [1.165, 1.54) is 48.7 Å². The molecule has 0 radical (unpaired) electrons. The van der Waals surface area contributed by atoms with Crippen molar-refractivity contribution in [3.8, 4) is 11.3 Å². The standard InChI is InChI=1S/C26H17N/c1-2-7-19-17(5-1)10-12-21-20(19)14-15-23-22(21)13-11-18-6-3-8-24(26(18)23)25-9-4-16-27-25/h1-16,27H. The van der Waals surface area contributed by atoms with Gasteiger partial charge in [-0.05, 0) is 55.2 Å². The smallest absolute Gasteiger partial charge is 0.0460 e. The van der Waals surface area contributed by atoms with Gasteiger partial charge in [0.05, 0.1) is 0 Å². The van der Waals surface area contributed by atoms with Crippen LogP contribution in [0.3, 0.4) is 0 Å². The molecule has 0 saturated carbocycles. The molecule has 0 atom stereocenters. The van der Waals surface area contributed by atoms with Gasteiger partial charge in [0, 0.05) is 17.5 Å². The summed E-state index contributed by atoms with van der Waals surface area (Å²) in [5.74, 6) is 0. The van der Waals surface area contributed by atoms with Crippen LogP contribution < -0.4 is 0 Å². The lowest BCUT2D eigenvalue weighted by Crippen LogP contribution is -1.86. The number of aromatic amines is 1. The normalized spacial score (nSPS) is 11.7. The molecule has 1 N–H and O–H groups in total. The van der Waals surface area contributed by atoms with Gasteiger partial charge in [0.1, 0.15) is 0 Å². The van der Waals surface area contributed by atoms with Gasteiger partial charge in [-0.3, -0.25) is 0 Å². The fourth-order valence-electron chi connectivity index (χ4n) is 4.41. The minimum Gasteiger partial charge on any atom is -0.361 e. The number of aromatic nitrogens is 1. The zero-order chi connectivity index (χ0) is 17.8. The second-order valence-corrected chi connectivity index (χ2v) is 7.10. The Hall–Kier alpha value is -3.58. The average molecular weight is 343 g/mol. The molecule has 6 aromatic rings. The number of rotatable bonds is 1. The summed E-state index contributed by atoms with van der Waals surface area (Å²) in [6.07, 6.45) is 1.99. The molecule has 5 aromatic carbocycles. The maximum absolute atomic E-state index is 3.37. The summed E-state index contributed by atoms with van der Waals surface area (Å²) in [5.41, 5.74) is 2.41. The highest BCUT2D eigenvalue weighted by molar-refractivity contribution is 6.24. The molecule has 0 aliphatic heterocycles. The molecule has 1 heterocycles. The van der Waals surface area contributed by atoms with E-state index in [0.717, 1.165) is 5.69 Å². The molecule has 0 bridgehead atoms. The van der Waals surface area contributed by atoms with Crippen molar-refractivity contribution in [3.63, 3.8) is 0 Å². The van der Waals surface area contributed by atoms with Gasteiger partial charge in [0.15, 0.2) is 0 Å². The van der Waals surface area contributed by atoms with Crippen LogP contribution in [0, 0.1) is 0 Å². The zero-order valence-corrected chi connectivity index (χ0v) is 14.7. The van der Waals surface area contributed by atoms with Gasteiger partial charge in [-0.15, -0.1) is 0 Å². The summed E-state index contributed by atoms with van der Waals surface area (Å²) >= 11 is 0. The van der Waals surface area contributed by atoms with Crippen molar-refractivity contribution in [3.05, 3.63) is 97.2 Å². The summed E-state index contributed by atoms with van der Waals surface area (Å²) in [4.78, 5) is 3.37. The lowest BCUT2D eigenvalue weighted by Gasteiger charge is -2.12. The van der Waals surface area contributed by atoms with Crippen molar-refractivity contribution in [2.45, 2.75) is 0 Å². The third-order valence-electron chi connectivity index (χ3n) is 5.65. The molecule has 1 nitrogen and oxygen atoms in total. The van der Waals surface area contributed by atoms with E-state index in [1.807, 2.05) is 6.20 Å². The highest BCUT2D eigenvalue weighted by atomic mass is 14.7. The van der Waals surface area contributed by atoms with Gasteiger partial charge < -0.3 is 4.98 Å². The molecule has 0 aliphatic carbocycles. The molecule has 6 rings (SSSR count). The van der Waals surface area contributed by atoms with Gasteiger partial charge in [-0.25, -0.2) is 0 Å². The fraction of sp³-hybridized carbons (Fsp3) is 0. The highest BCUT2D eigenvalue weighted by Crippen LogP contribution is 2.38. The van der Waals surface area contributed by atoms with Gasteiger partial charge in [-0.1, -0.05) is 78.9 Å². The summed E-state index contributed by atoms with van der Waals surface area (Å²) in [7, 11) is 0. The molecular weight excluding hydrogens is 326 g/mol. The van der Waals surface area contributed by atoms with Crippen molar-refractivity contribution in [2.24, 2.45) is 0 Å². The molecule has 0 amide bonds. The van der Waals surface area contributed by atoms with E-state index in [4.69, 9.17) is 0 Å². The Balaban J connectivity index is 1.81. The van der Waals surface area contributed by atoms with E-state index in [9.17, 15) is 0 Å². The highest BCUT2D eigenvalue weighted by Gasteiger charge is 2.11. The van der Waals surface area contributed by atoms with Crippen LogP contribution in [0.15, 0.2) is 97.2 Å². The molecule has 0 saturated heterocycles. The Kier molecular flexibility index (Phi) is 2.95. The predicted molar refractivity (Wildman–Crippen MR) is 116 cm³/mol. The van der Waals surface area contributed by atoms with Gasteiger partial charge in [-0.2, -0.15) is 0 Å². The van der Waals surface area contributed by atoms with E-state index in [1.54, 1.807) is 0 Å². The first-order chi connectivity index (χ1) is 13.4. The molecule has 0 spiro atoms. The summed E-state index contributed by atoms with van der Waals surface area (Å²) in [6, 6.07) is 33.0. The Morgan fingerprint density at radius 2 is 1.15 bits per heavy atom. The van der Waals surface area contributed by atoms with Gasteiger partial charge in [0.2, 0.25) is 0 Å². The summed E-state index contributed by atoms with van der Waals surface area (Å²) in [5, 5.41) is 10.4. The van der Waals surface area contributed by atoms with Crippen LogP contribution in [0.2, 0.25) is 0 Å². The first-order valence-corrected chi connectivity index (χ1v) is 9.30. The Morgan fingerprint density at radius 3 is 2.04 bits per heavy atom. The Labute approximate surface area is 156 Å². The summed E-state index contributed by atoms with van der Waals surface area (Å²) in [6.45, 7) is 0. The van der Waals surface area contributed by atoms with Crippen LogP contribution in [0.4, 0.5) is 0 Å². The molecular formula is C26H17N. The number of hydrogen-bond acceptors (Lipinski definition) is 0. The monoisotopic (exact) mass is 343 g/mol. The molecule has 0 unspecified atom stereocenters. The number of fused-ring (bicyclic) bond motifs is 7. The van der Waals surface area contributed by atoms with Crippen LogP contribution in [0.5, 0.6) is 0 Å². The average Bonchev–Trinajstić information content (AvgIpc) is 3.27. The van der Waals surface area contributed by atoms with Gasteiger partial charge in [0.25, 0.3) is 0 Å². The molecule has 0 aliphatic rings. The minimum atomic E-state index is 1.16. The number of hydrogen-bond donors (Lipinski definition) is 1. The third kappa shape index (κ3) is 2.06. The van der Waals surface area contributed by atoms with Gasteiger partial charge >= 0.3 is 0 Å². The maximum atomic E-state index is 3.37. The third-order valence-corrected chi connectivity index (χ3v) is 5.65. The first kappa shape index (κ1) is 14.6. The lowest BCUT2D eigenvalue weighted by atomic mass is 9.92. The van der Waals surface area contributed by atoms with Crippen LogP contribution in [-0.4, -0.2) is 4.98 Å². The van der Waals surface area contributed by atoms with E-state index in [0.29, 0.717) is 0 Å². The van der Waals surface area contributed by atoms with Crippen LogP contribution >= 0.6 is 0 Å². The lowest BCUT2D eigenvalue weighted by molar-refractivity contribution is 1.41. The topological polar surface area (TPSA) is 15.8 Å². The van der Waals surface area contributed by atoms with Crippen molar-refractivity contribution in [1.82, 2.24) is 4.98 Å². The fourth-order valence-corrected chi connectivity index (χ4v) is 4.41. The first-order valence-electron chi connectivity index (χ1n) is 9.30. The predicted octanol–water partition coefficient (Wildman–Crippen LogP) is 7.29. The number of H-pyrrole nitrogens is 1. The quantitative estimate of drug-likeness (QED) is 0.302. The van der Waals surface area contributed by atoms with Crippen LogP contribution in [0.25, 0.3) is 54.3 Å². The molecule has 27 heavy (non-hydrogen) atoms. The van der Waals surface area contributed by atoms with E-state index < -0.39 is 0 Å². The van der Waals surface area contributed by atoms with Crippen molar-refractivity contribution >= 4 is 43.1 Å². The van der Waals surface area contributed by atoms with Crippen molar-refractivity contribution < 1.29 is 0 Å². The largest absolute Gasteiger partial charge is 0.361 e. The second kappa shape index (κ2) is 5.46. The zero-order valence-electron chi connectivity index (χ0n) is 14.7.